The topological polar surface area (TPSA) is 95.6 Å². The van der Waals surface area contributed by atoms with Crippen molar-refractivity contribution in [2.45, 2.75) is 51.0 Å². The molecule has 1 aliphatic heterocycles. The second kappa shape index (κ2) is 9.42. The molecule has 2 N–H and O–H groups in total. The third kappa shape index (κ3) is 5.75. The maximum atomic E-state index is 12.9. The Balaban J connectivity index is 1.64. The summed E-state index contributed by atoms with van der Waals surface area (Å²) < 4.78 is 27.2. The Morgan fingerprint density at radius 3 is 2.16 bits per heavy atom. The summed E-state index contributed by atoms with van der Waals surface area (Å²) >= 11 is 0. The summed E-state index contributed by atoms with van der Waals surface area (Å²) in [6, 6.07) is 13.7. The third-order valence-corrected chi connectivity index (χ3v) is 7.31. The fourth-order valence-electron chi connectivity index (χ4n) is 3.65. The van der Waals surface area contributed by atoms with E-state index in [1.54, 1.807) is 48.5 Å². The van der Waals surface area contributed by atoms with E-state index in [9.17, 15) is 18.0 Å². The van der Waals surface area contributed by atoms with Gasteiger partial charge in [-0.15, -0.1) is 0 Å². The van der Waals surface area contributed by atoms with Crippen LogP contribution in [0.2, 0.25) is 0 Å². The number of hydrogen-bond donors (Lipinski definition) is 2. The van der Waals surface area contributed by atoms with Gasteiger partial charge >= 0.3 is 0 Å². The maximum Gasteiger partial charge on any atom is 0.253 e. The van der Waals surface area contributed by atoms with E-state index >= 15 is 0 Å². The van der Waals surface area contributed by atoms with Gasteiger partial charge in [0.15, 0.2) is 0 Å². The van der Waals surface area contributed by atoms with Gasteiger partial charge in [-0.2, -0.15) is 4.31 Å². The number of rotatable bonds is 5. The molecular weight excluding hydrogens is 426 g/mol. The molecule has 7 nitrogen and oxygen atoms in total. The van der Waals surface area contributed by atoms with Gasteiger partial charge in [-0.05, 0) is 64.8 Å². The zero-order valence-electron chi connectivity index (χ0n) is 19.0. The predicted molar refractivity (Wildman–Crippen MR) is 125 cm³/mol. The SMILES string of the molecule is Cc1ccc(S(=O)(=O)N2CCC(C(=O)Nc3ccccc3C(=O)NC(C)(C)C)CC2)cc1. The second-order valence-electron chi connectivity index (χ2n) is 9.23. The Labute approximate surface area is 190 Å². The van der Waals surface area contributed by atoms with Crippen molar-refractivity contribution < 1.29 is 18.0 Å². The van der Waals surface area contributed by atoms with Crippen molar-refractivity contribution in [2.24, 2.45) is 5.92 Å². The Morgan fingerprint density at radius 1 is 0.969 bits per heavy atom. The molecule has 32 heavy (non-hydrogen) atoms. The van der Waals surface area contributed by atoms with Gasteiger partial charge < -0.3 is 10.6 Å². The van der Waals surface area contributed by atoms with Crippen LogP contribution in [0.5, 0.6) is 0 Å². The fraction of sp³-hybridized carbons (Fsp3) is 0.417. The number of amides is 2. The average Bonchev–Trinajstić information content (AvgIpc) is 2.73. The number of nitrogens with one attached hydrogen (secondary N) is 2. The van der Waals surface area contributed by atoms with Crippen LogP contribution in [0.1, 0.15) is 49.5 Å². The molecule has 2 aromatic rings. The van der Waals surface area contributed by atoms with E-state index in [0.717, 1.165) is 5.56 Å². The van der Waals surface area contributed by atoms with E-state index in [-0.39, 0.29) is 35.7 Å². The molecule has 0 spiro atoms. The first-order chi connectivity index (χ1) is 15.0. The van der Waals surface area contributed by atoms with Gasteiger partial charge in [-0.25, -0.2) is 8.42 Å². The van der Waals surface area contributed by atoms with Crippen LogP contribution < -0.4 is 10.6 Å². The van der Waals surface area contributed by atoms with Gasteiger partial charge in [0, 0.05) is 24.5 Å². The predicted octanol–water partition coefficient (Wildman–Crippen LogP) is 3.56. The monoisotopic (exact) mass is 457 g/mol. The largest absolute Gasteiger partial charge is 0.347 e. The molecule has 1 fully saturated rings. The van der Waals surface area contributed by atoms with Crippen LogP contribution in [-0.2, 0) is 14.8 Å². The van der Waals surface area contributed by atoms with Crippen LogP contribution in [0.3, 0.4) is 0 Å². The summed E-state index contributed by atoms with van der Waals surface area (Å²) in [7, 11) is -3.57. The number of anilines is 1. The zero-order valence-corrected chi connectivity index (χ0v) is 19.8. The molecule has 1 saturated heterocycles. The van der Waals surface area contributed by atoms with Gasteiger partial charge in [0.2, 0.25) is 15.9 Å². The molecule has 0 bridgehead atoms. The average molecular weight is 458 g/mol. The van der Waals surface area contributed by atoms with Crippen molar-refractivity contribution in [2.75, 3.05) is 18.4 Å². The van der Waals surface area contributed by atoms with E-state index in [0.29, 0.717) is 24.1 Å². The van der Waals surface area contributed by atoms with E-state index in [4.69, 9.17) is 0 Å². The van der Waals surface area contributed by atoms with Crippen molar-refractivity contribution in [1.29, 1.82) is 0 Å². The Morgan fingerprint density at radius 2 is 1.56 bits per heavy atom. The first-order valence-electron chi connectivity index (χ1n) is 10.8. The molecule has 172 valence electrons. The van der Waals surface area contributed by atoms with E-state index in [2.05, 4.69) is 10.6 Å². The Hall–Kier alpha value is -2.71. The lowest BCUT2D eigenvalue weighted by atomic mass is 9.97. The molecule has 1 aliphatic rings. The number of piperidine rings is 1. The number of benzene rings is 2. The van der Waals surface area contributed by atoms with Crippen molar-refractivity contribution in [1.82, 2.24) is 9.62 Å². The molecule has 3 rings (SSSR count). The van der Waals surface area contributed by atoms with Gasteiger partial charge in [0.1, 0.15) is 0 Å². The number of carbonyl (C=O) groups excluding carboxylic acids is 2. The summed E-state index contributed by atoms with van der Waals surface area (Å²) in [5, 5.41) is 5.78. The van der Waals surface area contributed by atoms with Crippen LogP contribution in [-0.4, -0.2) is 43.2 Å². The summed E-state index contributed by atoms with van der Waals surface area (Å²) in [4.78, 5) is 25.8. The highest BCUT2D eigenvalue weighted by molar-refractivity contribution is 7.89. The van der Waals surface area contributed by atoms with Gasteiger partial charge in [0.25, 0.3) is 5.91 Å². The molecule has 0 saturated carbocycles. The van der Waals surface area contributed by atoms with E-state index in [1.807, 2.05) is 27.7 Å². The molecule has 2 amide bonds. The van der Waals surface area contributed by atoms with Crippen LogP contribution >= 0.6 is 0 Å². The molecular formula is C24H31N3O4S. The van der Waals surface area contributed by atoms with Gasteiger partial charge in [-0.3, -0.25) is 9.59 Å². The van der Waals surface area contributed by atoms with E-state index < -0.39 is 15.6 Å². The highest BCUT2D eigenvalue weighted by atomic mass is 32.2. The minimum Gasteiger partial charge on any atom is -0.347 e. The number of sulfonamides is 1. The zero-order chi connectivity index (χ0) is 23.5. The van der Waals surface area contributed by atoms with Gasteiger partial charge in [0.05, 0.1) is 16.1 Å². The van der Waals surface area contributed by atoms with Crippen molar-refractivity contribution >= 4 is 27.5 Å². The van der Waals surface area contributed by atoms with Crippen molar-refractivity contribution in [3.63, 3.8) is 0 Å². The quantitative estimate of drug-likeness (QED) is 0.718. The maximum absolute atomic E-state index is 12.9. The highest BCUT2D eigenvalue weighted by Gasteiger charge is 2.32. The fourth-order valence-corrected chi connectivity index (χ4v) is 5.12. The molecule has 0 aliphatic carbocycles. The summed E-state index contributed by atoms with van der Waals surface area (Å²) in [6.07, 6.45) is 0.848. The lowest BCUT2D eigenvalue weighted by Crippen LogP contribution is -2.42. The molecule has 0 unspecified atom stereocenters. The van der Waals surface area contributed by atoms with Crippen LogP contribution in [0.15, 0.2) is 53.4 Å². The Kier molecular flexibility index (Phi) is 7.05. The molecule has 8 heteroatoms. The smallest absolute Gasteiger partial charge is 0.253 e. The minimum atomic E-state index is -3.57. The molecule has 0 radical (unpaired) electrons. The standard InChI is InChI=1S/C24H31N3O4S/c1-17-9-11-19(12-10-17)32(30,31)27-15-13-18(14-16-27)22(28)25-21-8-6-5-7-20(21)23(29)26-24(2,3)4/h5-12,18H,13-16H2,1-4H3,(H,25,28)(H,26,29). The third-order valence-electron chi connectivity index (χ3n) is 5.40. The van der Waals surface area contributed by atoms with Crippen LogP contribution in [0, 0.1) is 12.8 Å². The van der Waals surface area contributed by atoms with Crippen molar-refractivity contribution in [3.8, 4) is 0 Å². The van der Waals surface area contributed by atoms with Gasteiger partial charge in [-0.1, -0.05) is 29.8 Å². The minimum absolute atomic E-state index is 0.201. The lowest BCUT2D eigenvalue weighted by Gasteiger charge is -2.30. The summed E-state index contributed by atoms with van der Waals surface area (Å²) in [5.74, 6) is -0.779. The summed E-state index contributed by atoms with van der Waals surface area (Å²) in [6.45, 7) is 8.14. The molecule has 0 aromatic heterocycles. The summed E-state index contributed by atoms with van der Waals surface area (Å²) in [5.41, 5.74) is 1.45. The number of nitrogens with zero attached hydrogens (tertiary/aromatic N) is 1. The lowest BCUT2D eigenvalue weighted by molar-refractivity contribution is -0.120. The molecule has 1 heterocycles. The number of para-hydroxylation sites is 1. The molecule has 2 aromatic carbocycles. The van der Waals surface area contributed by atoms with Crippen molar-refractivity contribution in [3.05, 3.63) is 59.7 Å². The van der Waals surface area contributed by atoms with E-state index in [1.165, 1.54) is 4.31 Å². The van der Waals surface area contributed by atoms with Crippen LogP contribution in [0.25, 0.3) is 0 Å². The second-order valence-corrected chi connectivity index (χ2v) is 11.2. The normalized spacial score (nSPS) is 15.9. The first-order valence-corrected chi connectivity index (χ1v) is 12.2. The number of carbonyl (C=O) groups is 2. The molecule has 0 atom stereocenters. The first kappa shape index (κ1) is 23.9. The van der Waals surface area contributed by atoms with Crippen LogP contribution in [0.4, 0.5) is 5.69 Å². The number of hydrogen-bond acceptors (Lipinski definition) is 4. The number of aryl methyl sites for hydroxylation is 1. The highest BCUT2D eigenvalue weighted by Crippen LogP contribution is 2.26. The Bertz CT molecular complexity index is 1080.